The van der Waals surface area contributed by atoms with Crippen molar-refractivity contribution in [1.29, 1.82) is 0 Å². The van der Waals surface area contributed by atoms with E-state index in [1.165, 1.54) is 0 Å². The molecule has 0 bridgehead atoms. The van der Waals surface area contributed by atoms with Gasteiger partial charge in [0.2, 0.25) is 0 Å². The molecule has 0 aliphatic carbocycles. The molecule has 0 aliphatic rings. The summed E-state index contributed by atoms with van der Waals surface area (Å²) in [5.74, 6) is -2.70. The predicted molar refractivity (Wildman–Crippen MR) is 127 cm³/mol. The van der Waals surface area contributed by atoms with E-state index in [9.17, 15) is 9.59 Å². The lowest BCUT2D eigenvalue weighted by Crippen LogP contribution is -2.29. The molecule has 174 valence electrons. The van der Waals surface area contributed by atoms with Crippen molar-refractivity contribution in [2.24, 2.45) is 11.8 Å². The molecule has 1 heterocycles. The third-order valence-corrected chi connectivity index (χ3v) is 5.91. The Morgan fingerprint density at radius 1 is 0.818 bits per heavy atom. The van der Waals surface area contributed by atoms with E-state index in [0.717, 1.165) is 67.0 Å². The van der Waals surface area contributed by atoms with Crippen molar-refractivity contribution in [2.45, 2.75) is 51.9 Å². The Labute approximate surface area is 194 Å². The zero-order valence-corrected chi connectivity index (χ0v) is 18.9. The number of oxazole rings is 1. The van der Waals surface area contributed by atoms with E-state index in [1.807, 2.05) is 60.7 Å². The van der Waals surface area contributed by atoms with E-state index in [0.29, 0.717) is 6.42 Å². The van der Waals surface area contributed by atoms with Crippen LogP contribution >= 0.6 is 0 Å². The molecule has 6 heteroatoms. The van der Waals surface area contributed by atoms with Crippen LogP contribution in [0.3, 0.4) is 0 Å². The molecule has 0 fully saturated rings. The lowest BCUT2D eigenvalue weighted by atomic mass is 9.89. The highest BCUT2D eigenvalue weighted by Crippen LogP contribution is 2.33. The number of aliphatic carboxylic acids is 2. The van der Waals surface area contributed by atoms with Gasteiger partial charge >= 0.3 is 11.9 Å². The Balaban J connectivity index is 1.50. The molecule has 0 spiro atoms. The number of nitrogens with zero attached hydrogens (tertiary/aromatic N) is 1. The first-order valence-electron chi connectivity index (χ1n) is 11.5. The molecule has 1 unspecified atom stereocenters. The quantitative estimate of drug-likeness (QED) is 0.234. The van der Waals surface area contributed by atoms with Gasteiger partial charge in [-0.3, -0.25) is 9.59 Å². The van der Waals surface area contributed by atoms with Crippen LogP contribution < -0.4 is 0 Å². The molecule has 0 radical (unpaired) electrons. The van der Waals surface area contributed by atoms with E-state index >= 15 is 0 Å². The Morgan fingerprint density at radius 3 is 1.97 bits per heavy atom. The lowest BCUT2D eigenvalue weighted by molar-refractivity contribution is -0.157. The molecule has 3 rings (SSSR count). The molecule has 1 aromatic heterocycles. The smallest absolute Gasteiger partial charge is 0.318 e. The molecule has 3 aromatic rings. The number of rotatable bonds is 13. The molecule has 0 aliphatic heterocycles. The fraction of sp³-hybridized carbons (Fsp3) is 0.370. The predicted octanol–water partition coefficient (Wildman–Crippen LogP) is 6.31. The van der Waals surface area contributed by atoms with Gasteiger partial charge in [-0.05, 0) is 18.8 Å². The van der Waals surface area contributed by atoms with Crippen LogP contribution in [0.5, 0.6) is 0 Å². The van der Waals surface area contributed by atoms with Gasteiger partial charge < -0.3 is 14.6 Å². The summed E-state index contributed by atoms with van der Waals surface area (Å²) in [6, 6.07) is 20.0. The number of benzene rings is 2. The average Bonchev–Trinajstić information content (AvgIpc) is 3.23. The topological polar surface area (TPSA) is 101 Å². The fourth-order valence-electron chi connectivity index (χ4n) is 4.08. The number of hydrogen-bond acceptors (Lipinski definition) is 4. The Kier molecular flexibility index (Phi) is 8.81. The summed E-state index contributed by atoms with van der Waals surface area (Å²) in [5.41, 5.74) is 2.89. The van der Waals surface area contributed by atoms with Crippen molar-refractivity contribution in [2.75, 3.05) is 0 Å². The van der Waals surface area contributed by atoms with Gasteiger partial charge in [0.05, 0.1) is 0 Å². The highest BCUT2D eigenvalue weighted by molar-refractivity contribution is 5.93. The summed E-state index contributed by atoms with van der Waals surface area (Å²) in [4.78, 5) is 27.0. The fourth-order valence-corrected chi connectivity index (χ4v) is 4.08. The monoisotopic (exact) mass is 449 g/mol. The van der Waals surface area contributed by atoms with Gasteiger partial charge in [-0.2, -0.15) is 0 Å². The van der Waals surface area contributed by atoms with Crippen molar-refractivity contribution < 1.29 is 24.2 Å². The number of unbranched alkanes of at least 4 members (excludes halogenated alkanes) is 4. The van der Waals surface area contributed by atoms with Crippen LogP contribution in [-0.2, 0) is 16.0 Å². The van der Waals surface area contributed by atoms with Crippen LogP contribution in [0.2, 0.25) is 0 Å². The maximum atomic E-state index is 11.1. The van der Waals surface area contributed by atoms with Crippen LogP contribution in [0.25, 0.3) is 22.6 Å². The van der Waals surface area contributed by atoms with E-state index in [2.05, 4.69) is 0 Å². The summed E-state index contributed by atoms with van der Waals surface area (Å²) < 4.78 is 6.16. The first-order chi connectivity index (χ1) is 16.0. The van der Waals surface area contributed by atoms with Crippen LogP contribution in [0.15, 0.2) is 65.1 Å². The molecular formula is C27H31NO5. The minimum Gasteiger partial charge on any atom is -0.481 e. The molecule has 2 aromatic carbocycles. The van der Waals surface area contributed by atoms with Crippen LogP contribution in [0, 0.1) is 11.8 Å². The number of hydrogen-bond donors (Lipinski definition) is 2. The third kappa shape index (κ3) is 6.78. The van der Waals surface area contributed by atoms with Crippen LogP contribution in [-0.4, -0.2) is 27.1 Å². The largest absolute Gasteiger partial charge is 0.481 e. The maximum absolute atomic E-state index is 11.1. The van der Waals surface area contributed by atoms with Gasteiger partial charge in [-0.25, -0.2) is 4.98 Å². The summed E-state index contributed by atoms with van der Waals surface area (Å²) in [6.07, 6.45) is 6.10. The van der Waals surface area contributed by atoms with Gasteiger partial charge in [0.25, 0.3) is 0 Å². The normalized spacial score (nSPS) is 12.1. The minimum atomic E-state index is -1.33. The van der Waals surface area contributed by atoms with E-state index in [1.54, 1.807) is 6.92 Å². The summed E-state index contributed by atoms with van der Waals surface area (Å²) in [7, 11) is 0. The van der Waals surface area contributed by atoms with Crippen molar-refractivity contribution in [3.63, 3.8) is 0 Å². The SMILES string of the molecule is CC(CCCCCCCc1nc(-c2ccccc2)c(-c2ccccc2)o1)C(C(=O)O)C(=O)O. The second-order valence-corrected chi connectivity index (χ2v) is 8.46. The Morgan fingerprint density at radius 2 is 1.36 bits per heavy atom. The summed E-state index contributed by atoms with van der Waals surface area (Å²) in [5, 5.41) is 18.1. The molecule has 6 nitrogen and oxygen atoms in total. The number of aryl methyl sites for hydroxylation is 1. The van der Waals surface area contributed by atoms with Gasteiger partial charge in [0, 0.05) is 17.5 Å². The Hall–Kier alpha value is -3.41. The summed E-state index contributed by atoms with van der Waals surface area (Å²) in [6.45, 7) is 1.70. The number of carboxylic acid groups (broad SMARTS) is 2. The minimum absolute atomic E-state index is 0.375. The van der Waals surface area contributed by atoms with Gasteiger partial charge in [-0.1, -0.05) is 93.3 Å². The number of aromatic nitrogens is 1. The van der Waals surface area contributed by atoms with E-state index in [4.69, 9.17) is 19.6 Å². The van der Waals surface area contributed by atoms with E-state index < -0.39 is 17.9 Å². The van der Waals surface area contributed by atoms with Crippen LogP contribution in [0.1, 0.15) is 51.3 Å². The average molecular weight is 450 g/mol. The summed E-state index contributed by atoms with van der Waals surface area (Å²) >= 11 is 0. The van der Waals surface area contributed by atoms with Crippen molar-refractivity contribution in [3.8, 4) is 22.6 Å². The van der Waals surface area contributed by atoms with Crippen LogP contribution in [0.4, 0.5) is 0 Å². The first-order valence-corrected chi connectivity index (χ1v) is 11.5. The molecule has 2 N–H and O–H groups in total. The molecule has 0 amide bonds. The van der Waals surface area contributed by atoms with Crippen molar-refractivity contribution in [1.82, 2.24) is 4.98 Å². The second kappa shape index (κ2) is 12.0. The molecule has 1 atom stereocenters. The maximum Gasteiger partial charge on any atom is 0.318 e. The third-order valence-electron chi connectivity index (χ3n) is 5.91. The van der Waals surface area contributed by atoms with Crippen molar-refractivity contribution >= 4 is 11.9 Å². The van der Waals surface area contributed by atoms with Gasteiger partial charge in [0.1, 0.15) is 5.69 Å². The van der Waals surface area contributed by atoms with Crippen molar-refractivity contribution in [3.05, 3.63) is 66.6 Å². The number of carbonyl (C=O) groups is 2. The Bertz CT molecular complexity index is 958. The zero-order chi connectivity index (χ0) is 23.6. The highest BCUT2D eigenvalue weighted by atomic mass is 16.4. The molecule has 33 heavy (non-hydrogen) atoms. The van der Waals surface area contributed by atoms with E-state index in [-0.39, 0.29) is 5.92 Å². The van der Waals surface area contributed by atoms with Gasteiger partial charge in [0.15, 0.2) is 17.6 Å². The molecule has 0 saturated heterocycles. The molecule has 0 saturated carbocycles. The first kappa shape index (κ1) is 24.2. The lowest BCUT2D eigenvalue weighted by Gasteiger charge is -2.15. The number of carboxylic acids is 2. The zero-order valence-electron chi connectivity index (χ0n) is 18.9. The molecular weight excluding hydrogens is 418 g/mol. The highest BCUT2D eigenvalue weighted by Gasteiger charge is 2.31. The standard InChI is InChI=1S/C27H31NO5/c1-19(23(26(29)30)27(31)32)13-7-3-2-4-12-18-22-28-24(20-14-8-5-9-15-20)25(33-22)21-16-10-6-11-17-21/h5-6,8-11,14-17,19,23H,2-4,7,12-13,18H2,1H3,(H,29,30)(H,31,32). The van der Waals surface area contributed by atoms with Gasteiger partial charge in [-0.15, -0.1) is 0 Å². The second-order valence-electron chi connectivity index (χ2n) is 8.46.